The van der Waals surface area contributed by atoms with Gasteiger partial charge >= 0.3 is 17.1 Å². The Morgan fingerprint density at radius 1 is 0.658 bits per heavy atom. The number of carbonyl (C=O) groups is 1. The largest absolute Gasteiger partial charge is 0.388 e. The number of H-pyrrole nitrogens is 1. The molecule has 21 nitrogen and oxygen atoms in total. The van der Waals surface area contributed by atoms with E-state index in [2.05, 4.69) is 89.0 Å². The van der Waals surface area contributed by atoms with Crippen molar-refractivity contribution in [3.8, 4) is 0 Å². The summed E-state index contributed by atoms with van der Waals surface area (Å²) in [6.45, 7) is 4.84. The van der Waals surface area contributed by atoms with Crippen LogP contribution in [0.4, 0.5) is 39.8 Å². The van der Waals surface area contributed by atoms with E-state index in [4.69, 9.17) is 5.73 Å². The molecular weight excluding hydrogens is 1180 g/mol. The molecule has 24 heteroatoms. The van der Waals surface area contributed by atoms with Crippen molar-refractivity contribution in [1.82, 2.24) is 19.9 Å². The van der Waals surface area contributed by atoms with Gasteiger partial charge in [-0.25, -0.2) is 9.97 Å². The van der Waals surface area contributed by atoms with Gasteiger partial charge in [0.05, 0.1) is 60.9 Å². The predicted molar refractivity (Wildman–Crippen MR) is 308 cm³/mol. The molecule has 0 aliphatic carbocycles. The number of aryl methyl sites for hydroxylation is 2. The molecule has 0 radical (unpaired) electrons. The number of anilines is 4. The van der Waals surface area contributed by atoms with Gasteiger partial charge in [0.25, 0.3) is 5.43 Å². The number of fused-ring (bicyclic) bond motifs is 5. The van der Waals surface area contributed by atoms with E-state index >= 15 is 0 Å². The fourth-order valence-corrected chi connectivity index (χ4v) is 9.08. The van der Waals surface area contributed by atoms with E-state index in [1.54, 1.807) is 44.6 Å². The quantitative estimate of drug-likeness (QED) is 0.0549. The molecule has 1 amide bonds. The third kappa shape index (κ3) is 13.9. The Balaban J connectivity index is 0.000000155. The van der Waals surface area contributed by atoms with Crippen LogP contribution < -0.4 is 32.4 Å². The fourth-order valence-electron chi connectivity index (χ4n) is 8.00. The summed E-state index contributed by atoms with van der Waals surface area (Å²) in [4.78, 5) is 68.4. The van der Waals surface area contributed by atoms with Gasteiger partial charge in [0.1, 0.15) is 23.8 Å². The van der Waals surface area contributed by atoms with Crippen LogP contribution >= 0.6 is 47.8 Å². The van der Waals surface area contributed by atoms with Crippen molar-refractivity contribution in [3.63, 3.8) is 0 Å². The molecule has 5 heterocycles. The Kier molecular flexibility index (Phi) is 19.4. The molecule has 10 rings (SSSR count). The number of nitro groups is 3. The minimum Gasteiger partial charge on any atom is -0.388 e. The molecule has 0 bridgehead atoms. The molecule has 1 atom stereocenters. The van der Waals surface area contributed by atoms with Gasteiger partial charge in [-0.2, -0.15) is 0 Å². The summed E-state index contributed by atoms with van der Waals surface area (Å²) in [5.74, 6) is -0.352. The van der Waals surface area contributed by atoms with Gasteiger partial charge < -0.3 is 37.1 Å². The van der Waals surface area contributed by atoms with E-state index in [1.165, 1.54) is 12.4 Å². The average Bonchev–Trinajstić information content (AvgIpc) is 3.39. The number of aromatic amines is 1. The van der Waals surface area contributed by atoms with Gasteiger partial charge in [0.15, 0.2) is 0 Å². The van der Waals surface area contributed by atoms with Crippen LogP contribution in [0.2, 0.25) is 0 Å². The highest BCUT2D eigenvalue weighted by Gasteiger charge is 2.20. The highest BCUT2D eigenvalue weighted by molar-refractivity contribution is 9.11. The number of amides is 1. The molecule has 0 saturated heterocycles. The first-order valence-corrected chi connectivity index (χ1v) is 25.3. The second-order valence-electron chi connectivity index (χ2n) is 16.7. The number of carbonyl (C=O) groups excluding carboxylic acids is 1. The summed E-state index contributed by atoms with van der Waals surface area (Å²) < 4.78 is 2.74. The van der Waals surface area contributed by atoms with E-state index < -0.39 is 25.9 Å². The van der Waals surface area contributed by atoms with Crippen LogP contribution in [0.5, 0.6) is 0 Å². The van der Waals surface area contributed by atoms with Gasteiger partial charge in [-0.15, -0.1) is 0 Å². The Labute approximate surface area is 458 Å². The Morgan fingerprint density at radius 3 is 1.64 bits per heavy atom. The number of primary amides is 1. The molecule has 0 spiro atoms. The summed E-state index contributed by atoms with van der Waals surface area (Å²) in [5.41, 5.74) is 14.2. The number of nitrogens with two attached hydrogens (primary N) is 1. The third-order valence-corrected chi connectivity index (χ3v) is 13.0. The van der Waals surface area contributed by atoms with Crippen molar-refractivity contribution in [3.05, 3.63) is 192 Å². The number of hydrogen-bond acceptors (Lipinski definition) is 16. The summed E-state index contributed by atoms with van der Waals surface area (Å²) in [5, 5.41) is 56.6. The van der Waals surface area contributed by atoms with Crippen molar-refractivity contribution in [2.24, 2.45) is 5.73 Å². The van der Waals surface area contributed by atoms with Crippen LogP contribution in [0, 0.1) is 44.2 Å². The van der Waals surface area contributed by atoms with Crippen molar-refractivity contribution < 1.29 is 24.7 Å². The van der Waals surface area contributed by atoms with Crippen LogP contribution in [0.1, 0.15) is 34.8 Å². The molecule has 9 aromatic rings. The Bertz CT molecular complexity index is 3630. The van der Waals surface area contributed by atoms with E-state index in [0.717, 1.165) is 93.4 Å². The van der Waals surface area contributed by atoms with Crippen molar-refractivity contribution in [2.75, 3.05) is 49.0 Å². The standard InChI is InChI=1S/C13H15N3O.C11H11N3O2.C10H8BrN3O2.C9H5BrN2O3.C9H10BrNO/c1-8-3-4-10-11(5-8)16-7-9(6-12(14)17)13(10)15-2;1-7-3-4-8-9(5-7)13-6-10(14(15)16)11(8)12-2;1-12-10-7-3-2-6(11)4-8(7)13-5-9(10)14(15)16;10-5-1-2-6-7(3-5)11-4-8(9(6)13)12(14)15;10-6-1-2-7-8(5-6)11-4-3-9(7)12/h3-5,7H,6H2,1-2H3,(H2,14,17)(H,15,16);3-6H,1-2H3,(H,12,13);2-5H,1H3,(H,12,13);1-4H,(H,11,13);1-2,5,9,11-12H,3-4H2. The second-order valence-corrected chi connectivity index (χ2v) is 19.5. The number of pyridine rings is 4. The number of nitrogens with one attached hydrogen (secondary N) is 5. The highest BCUT2D eigenvalue weighted by atomic mass is 79.9. The SMILES string of the molecule is CNc1c(CC(N)=O)cnc2cc(C)ccc12.CNc1c([N+](=O)[O-])cnc2cc(Br)ccc12.CNc1c([N+](=O)[O-])cnc2cc(C)ccc12.O=c1c([N+](=O)[O-])c[nH]c2cc(Br)ccc12.OC1CCNc2cc(Br)ccc21. The molecule has 1 aliphatic rings. The van der Waals surface area contributed by atoms with Gasteiger partial charge in [0, 0.05) is 86.0 Å². The van der Waals surface area contributed by atoms with Crippen LogP contribution in [-0.4, -0.2) is 73.4 Å². The van der Waals surface area contributed by atoms with Gasteiger partial charge in [-0.05, 0) is 92.1 Å². The molecule has 0 fully saturated rings. The number of benzene rings is 5. The maximum Gasteiger partial charge on any atom is 0.332 e. The van der Waals surface area contributed by atoms with Gasteiger partial charge in [-0.1, -0.05) is 78.1 Å². The van der Waals surface area contributed by atoms with E-state index in [1.807, 2.05) is 87.6 Å². The first-order chi connectivity index (χ1) is 36.2. The van der Waals surface area contributed by atoms with E-state index in [0.29, 0.717) is 27.8 Å². The topological polar surface area (TPSA) is 312 Å². The Hall–Kier alpha value is -8.19. The molecule has 8 N–H and O–H groups in total. The Morgan fingerprint density at radius 2 is 1.12 bits per heavy atom. The van der Waals surface area contributed by atoms with Crippen LogP contribution in [0.15, 0.2) is 134 Å². The van der Waals surface area contributed by atoms with Crippen molar-refractivity contribution >= 4 is 137 Å². The van der Waals surface area contributed by atoms with Crippen LogP contribution in [-0.2, 0) is 11.2 Å². The lowest BCUT2D eigenvalue weighted by Crippen LogP contribution is -2.16. The predicted octanol–water partition coefficient (Wildman–Crippen LogP) is 11.5. The lowest BCUT2D eigenvalue weighted by molar-refractivity contribution is -0.386. The molecular formula is C52H49Br3N12O9. The maximum atomic E-state index is 11.6. The normalized spacial score (nSPS) is 12.1. The van der Waals surface area contributed by atoms with Gasteiger partial charge in [-0.3, -0.25) is 44.9 Å². The molecule has 1 unspecified atom stereocenters. The van der Waals surface area contributed by atoms with E-state index in [9.17, 15) is 45.0 Å². The van der Waals surface area contributed by atoms with E-state index in [-0.39, 0.29) is 29.8 Å². The summed E-state index contributed by atoms with van der Waals surface area (Å²) in [6, 6.07) is 28.0. The minimum atomic E-state index is -0.694. The summed E-state index contributed by atoms with van der Waals surface area (Å²) in [7, 11) is 5.16. The number of rotatable bonds is 8. The number of hydrogen-bond donors (Lipinski definition) is 7. The van der Waals surface area contributed by atoms with Crippen LogP contribution in [0.3, 0.4) is 0 Å². The highest BCUT2D eigenvalue weighted by Crippen LogP contribution is 2.34. The lowest BCUT2D eigenvalue weighted by Gasteiger charge is -2.22. The number of aliphatic hydroxyl groups excluding tert-OH is 1. The smallest absolute Gasteiger partial charge is 0.332 e. The molecule has 1 aliphatic heterocycles. The number of aromatic nitrogens is 4. The number of nitrogens with zero attached hydrogens (tertiary/aromatic N) is 6. The first-order valence-electron chi connectivity index (χ1n) is 22.9. The first kappa shape index (κ1) is 57.1. The number of aliphatic hydroxyl groups is 1. The molecule has 0 saturated carbocycles. The molecule has 5 aromatic carbocycles. The maximum absolute atomic E-state index is 11.6. The molecule has 4 aromatic heterocycles. The number of halogens is 3. The molecule has 76 heavy (non-hydrogen) atoms. The zero-order valence-corrected chi connectivity index (χ0v) is 46.0. The minimum absolute atomic E-state index is 0.00106. The zero-order chi connectivity index (χ0) is 55.4. The summed E-state index contributed by atoms with van der Waals surface area (Å²) in [6.07, 6.45) is 6.07. The summed E-state index contributed by atoms with van der Waals surface area (Å²) >= 11 is 9.97. The lowest BCUT2D eigenvalue weighted by atomic mass is 10.0. The second kappa shape index (κ2) is 25.8. The van der Waals surface area contributed by atoms with Gasteiger partial charge in [0.2, 0.25) is 5.91 Å². The average molecular weight is 1230 g/mol. The van der Waals surface area contributed by atoms with Crippen LogP contribution in [0.25, 0.3) is 43.6 Å². The molecule has 392 valence electrons. The van der Waals surface area contributed by atoms with Crippen molar-refractivity contribution in [2.45, 2.75) is 32.8 Å². The third-order valence-electron chi connectivity index (χ3n) is 11.6. The monoisotopic (exact) mass is 1220 g/mol. The van der Waals surface area contributed by atoms with Crippen molar-refractivity contribution in [1.29, 1.82) is 0 Å². The fraction of sp³-hybridized carbons (Fsp3) is 0.173. The zero-order valence-electron chi connectivity index (χ0n) is 41.3.